The van der Waals surface area contributed by atoms with Gasteiger partial charge in [0.2, 0.25) is 0 Å². The molecule has 0 heterocycles. The lowest BCUT2D eigenvalue weighted by molar-refractivity contribution is -0.161. The van der Waals surface area contributed by atoms with Gasteiger partial charge >= 0.3 is 39.5 Å². The van der Waals surface area contributed by atoms with E-state index in [-0.39, 0.29) is 25.7 Å². The lowest BCUT2D eigenvalue weighted by atomic mass is 10.1. The second-order valence-electron chi connectivity index (χ2n) is 25.5. The van der Waals surface area contributed by atoms with E-state index in [0.29, 0.717) is 25.7 Å². The molecule has 17 nitrogen and oxygen atoms in total. The van der Waals surface area contributed by atoms with Gasteiger partial charge in [0.15, 0.2) is 12.2 Å². The molecule has 3 N–H and O–H groups in total. The molecule has 0 saturated heterocycles. The summed E-state index contributed by atoms with van der Waals surface area (Å²) < 4.78 is 68.5. The minimum atomic E-state index is -4.99. The maximum absolute atomic E-state index is 13.1. The van der Waals surface area contributed by atoms with Crippen molar-refractivity contribution in [2.45, 2.75) is 329 Å². The Balaban J connectivity index is 5.36. The van der Waals surface area contributed by atoms with Gasteiger partial charge < -0.3 is 33.8 Å². The Hall–Kier alpha value is -4.54. The quantitative estimate of drug-likeness (QED) is 0.0169. The Kier molecular flexibility index (Phi) is 69.5. The third kappa shape index (κ3) is 71.8. The number of rotatable bonds is 72. The number of hydrogen-bond acceptors (Lipinski definition) is 15. The van der Waals surface area contributed by atoms with Crippen molar-refractivity contribution >= 4 is 39.5 Å². The molecule has 0 spiro atoms. The average Bonchev–Trinajstić information content (AvgIpc) is 0.945. The Morgan fingerprint density at radius 1 is 0.290 bits per heavy atom. The van der Waals surface area contributed by atoms with Crippen molar-refractivity contribution in [3.8, 4) is 0 Å². The van der Waals surface area contributed by atoms with E-state index in [1.165, 1.54) is 32.1 Å². The molecule has 0 aliphatic rings. The van der Waals surface area contributed by atoms with Gasteiger partial charge in [0, 0.05) is 25.7 Å². The van der Waals surface area contributed by atoms with E-state index in [2.05, 4.69) is 149 Å². The Morgan fingerprint density at radius 2 is 0.530 bits per heavy atom. The van der Waals surface area contributed by atoms with Gasteiger partial charge in [-0.2, -0.15) is 0 Å². The number of allylic oxidation sites excluding steroid dienone is 20. The molecule has 574 valence electrons. The number of carbonyl (C=O) groups excluding carboxylic acids is 4. The van der Waals surface area contributed by atoms with Gasteiger partial charge in [-0.05, 0) is 148 Å². The summed E-state index contributed by atoms with van der Waals surface area (Å²) in [6, 6.07) is 0. The number of carbonyl (C=O) groups is 4. The Morgan fingerprint density at radius 3 is 0.840 bits per heavy atom. The molecule has 0 aliphatic carbocycles. The molecule has 0 aliphatic heterocycles. The fourth-order valence-corrected chi connectivity index (χ4v) is 11.6. The molecular formula is C81H138O17P2. The van der Waals surface area contributed by atoms with Crippen LogP contribution in [-0.4, -0.2) is 96.7 Å². The molecule has 5 atom stereocenters. The Labute approximate surface area is 606 Å². The molecule has 0 saturated carbocycles. The van der Waals surface area contributed by atoms with Gasteiger partial charge in [-0.3, -0.25) is 37.3 Å². The highest BCUT2D eigenvalue weighted by atomic mass is 31.2. The van der Waals surface area contributed by atoms with Gasteiger partial charge in [-0.15, -0.1) is 0 Å². The molecule has 0 radical (unpaired) electrons. The Bertz CT molecular complexity index is 2370. The van der Waals surface area contributed by atoms with Crippen LogP contribution in [0.25, 0.3) is 0 Å². The van der Waals surface area contributed by atoms with E-state index in [0.717, 1.165) is 199 Å². The number of aliphatic hydroxyl groups is 1. The SMILES string of the molecule is CC/C=C\C/C=C\C/C=C\CCCCCCCC(=O)OCC(COP(=O)(O)OCC(O)COP(=O)(O)OCC(COC(=O)CCCCCCCC/C=C\C/C=C\C/C=C\CCCCC)OC(=O)CCCCCCC/C=C\C/C=C\C/C=C\CC)OC(=O)CCCCCCC/C=C\CCCC. The molecule has 0 bridgehead atoms. The second-order valence-corrected chi connectivity index (χ2v) is 28.4. The van der Waals surface area contributed by atoms with Crippen LogP contribution >= 0.6 is 15.6 Å². The third-order valence-corrected chi connectivity index (χ3v) is 17.8. The molecule has 0 fully saturated rings. The van der Waals surface area contributed by atoms with Gasteiger partial charge in [0.1, 0.15) is 19.3 Å². The molecule has 0 rings (SSSR count). The normalized spacial score (nSPS) is 14.6. The zero-order valence-electron chi connectivity index (χ0n) is 62.6. The van der Waals surface area contributed by atoms with Crippen molar-refractivity contribution in [2.24, 2.45) is 0 Å². The van der Waals surface area contributed by atoms with E-state index in [4.69, 9.17) is 37.0 Å². The standard InChI is InChI=1S/C81H138O17P2/c1-5-9-13-17-21-25-29-32-35-36-37-38-41-43-47-50-54-58-62-66-79(84)92-72-77(98-81(86)68-64-60-56-52-48-44-40-34-31-27-23-19-15-11-7-3)74-96-100(89,90)94-70-75(82)69-93-99(87,88)95-73-76(97-80(85)67-63-59-55-51-45-28-24-20-16-12-8-4)71-91-78(83)65-61-57-53-49-46-42-39-33-30-26-22-18-14-10-6-2/h10-11,14-15,20-27,32-35,37-40,75-77,82H,5-9,12-13,16-19,28-31,36,41-74H2,1-4H3,(H,87,88)(H,89,90)/b14-10-,15-11-,24-20-,25-21-,26-22-,27-23-,35-32-,38-37-,39-33-,40-34-. The summed E-state index contributed by atoms with van der Waals surface area (Å²) in [6.45, 7) is 4.52. The number of ether oxygens (including phenoxy) is 4. The summed E-state index contributed by atoms with van der Waals surface area (Å²) in [4.78, 5) is 72.9. The largest absolute Gasteiger partial charge is 0.472 e. The number of aliphatic hydroxyl groups excluding tert-OH is 1. The maximum atomic E-state index is 13.1. The first-order valence-electron chi connectivity index (χ1n) is 38.8. The van der Waals surface area contributed by atoms with Gasteiger partial charge in [-0.1, -0.05) is 258 Å². The molecule has 100 heavy (non-hydrogen) atoms. The number of esters is 4. The van der Waals surface area contributed by atoms with E-state index < -0.39 is 97.5 Å². The van der Waals surface area contributed by atoms with Crippen molar-refractivity contribution in [3.05, 3.63) is 122 Å². The first kappa shape index (κ1) is 95.5. The first-order chi connectivity index (χ1) is 48.7. The van der Waals surface area contributed by atoms with Crippen LogP contribution in [0.4, 0.5) is 0 Å². The van der Waals surface area contributed by atoms with Crippen molar-refractivity contribution in [3.63, 3.8) is 0 Å². The van der Waals surface area contributed by atoms with Crippen molar-refractivity contribution in [2.75, 3.05) is 39.6 Å². The fraction of sp³-hybridized carbons (Fsp3) is 0.704. The minimum Gasteiger partial charge on any atom is -0.462 e. The average molecular weight is 1450 g/mol. The van der Waals surface area contributed by atoms with E-state index >= 15 is 0 Å². The van der Waals surface area contributed by atoms with Crippen molar-refractivity contribution < 1.29 is 80.2 Å². The molecule has 0 aromatic heterocycles. The van der Waals surface area contributed by atoms with Crippen LogP contribution in [-0.2, 0) is 65.4 Å². The van der Waals surface area contributed by atoms with Crippen LogP contribution in [0.1, 0.15) is 310 Å². The highest BCUT2D eigenvalue weighted by Gasteiger charge is 2.30. The predicted molar refractivity (Wildman–Crippen MR) is 408 cm³/mol. The molecule has 0 aromatic carbocycles. The fourth-order valence-electron chi connectivity index (χ4n) is 10.0. The van der Waals surface area contributed by atoms with E-state index in [1.807, 2.05) is 0 Å². The maximum Gasteiger partial charge on any atom is 0.472 e. The number of phosphoric acid groups is 2. The van der Waals surface area contributed by atoms with E-state index in [9.17, 15) is 43.2 Å². The lowest BCUT2D eigenvalue weighted by Gasteiger charge is -2.21. The zero-order valence-corrected chi connectivity index (χ0v) is 64.4. The predicted octanol–water partition coefficient (Wildman–Crippen LogP) is 22.3. The molecule has 0 aromatic rings. The minimum absolute atomic E-state index is 0.0701. The summed E-state index contributed by atoms with van der Waals surface area (Å²) >= 11 is 0. The second kappa shape index (κ2) is 72.8. The highest BCUT2D eigenvalue weighted by Crippen LogP contribution is 2.45. The highest BCUT2D eigenvalue weighted by molar-refractivity contribution is 7.47. The van der Waals surface area contributed by atoms with Crippen LogP contribution in [0.15, 0.2) is 122 Å². The molecular weight excluding hydrogens is 1310 g/mol. The summed E-state index contributed by atoms with van der Waals surface area (Å²) in [5, 5.41) is 10.6. The zero-order chi connectivity index (χ0) is 73.2. The summed E-state index contributed by atoms with van der Waals surface area (Å²) in [5.41, 5.74) is 0. The third-order valence-electron chi connectivity index (χ3n) is 15.9. The lowest BCUT2D eigenvalue weighted by Crippen LogP contribution is -2.30. The molecule has 0 amide bonds. The molecule has 5 unspecified atom stereocenters. The first-order valence-corrected chi connectivity index (χ1v) is 41.8. The number of unbranched alkanes of at least 4 members (excludes halogenated alkanes) is 26. The van der Waals surface area contributed by atoms with Crippen molar-refractivity contribution in [1.82, 2.24) is 0 Å². The monoisotopic (exact) mass is 1440 g/mol. The molecule has 19 heteroatoms. The number of phosphoric ester groups is 2. The van der Waals surface area contributed by atoms with Crippen LogP contribution in [0.2, 0.25) is 0 Å². The van der Waals surface area contributed by atoms with Gasteiger partial charge in [-0.25, -0.2) is 9.13 Å². The van der Waals surface area contributed by atoms with Crippen LogP contribution in [0.3, 0.4) is 0 Å². The summed E-state index contributed by atoms with van der Waals surface area (Å²) in [5.74, 6) is -2.23. The van der Waals surface area contributed by atoms with Gasteiger partial charge in [0.25, 0.3) is 0 Å². The van der Waals surface area contributed by atoms with Crippen LogP contribution in [0, 0.1) is 0 Å². The smallest absolute Gasteiger partial charge is 0.462 e. The van der Waals surface area contributed by atoms with Crippen LogP contribution in [0.5, 0.6) is 0 Å². The number of hydrogen-bond donors (Lipinski definition) is 3. The van der Waals surface area contributed by atoms with Crippen molar-refractivity contribution in [1.29, 1.82) is 0 Å². The topological polar surface area (TPSA) is 237 Å². The van der Waals surface area contributed by atoms with Crippen LogP contribution < -0.4 is 0 Å². The summed E-state index contributed by atoms with van der Waals surface area (Å²) in [7, 11) is -9.97. The van der Waals surface area contributed by atoms with Gasteiger partial charge in [0.05, 0.1) is 26.4 Å². The van der Waals surface area contributed by atoms with E-state index in [1.54, 1.807) is 0 Å². The summed E-state index contributed by atoms with van der Waals surface area (Å²) in [6.07, 6.45) is 79.0.